The number of amides is 1. The van der Waals surface area contributed by atoms with E-state index in [2.05, 4.69) is 50.8 Å². The van der Waals surface area contributed by atoms with Gasteiger partial charge in [0.25, 0.3) is 0 Å². The van der Waals surface area contributed by atoms with Gasteiger partial charge in [-0.2, -0.15) is 11.3 Å². The van der Waals surface area contributed by atoms with Crippen molar-refractivity contribution in [1.82, 2.24) is 10.6 Å². The van der Waals surface area contributed by atoms with Gasteiger partial charge < -0.3 is 16.0 Å². The summed E-state index contributed by atoms with van der Waals surface area (Å²) in [6.45, 7) is 4.19. The molecule has 1 heterocycles. The van der Waals surface area contributed by atoms with Crippen LogP contribution in [0.4, 0.5) is 5.69 Å². The average Bonchev–Trinajstić information content (AvgIpc) is 3.25. The Morgan fingerprint density at radius 3 is 2.69 bits per heavy atom. The number of carbonyl (C=O) groups excluding carboxylic acids is 1. The zero-order chi connectivity index (χ0) is 19.6. The molecule has 5 nitrogen and oxygen atoms in total. The number of anilines is 1. The summed E-state index contributed by atoms with van der Waals surface area (Å²) in [5.41, 5.74) is 3.20. The van der Waals surface area contributed by atoms with Crippen molar-refractivity contribution in [1.29, 1.82) is 0 Å². The van der Waals surface area contributed by atoms with Crippen molar-refractivity contribution in [2.75, 3.05) is 11.9 Å². The average molecular weight is 526 g/mol. The maximum atomic E-state index is 12.5. The third kappa shape index (κ3) is 7.97. The van der Waals surface area contributed by atoms with Gasteiger partial charge in [0, 0.05) is 24.7 Å². The Kier molecular flexibility index (Phi) is 10.5. The molecule has 0 spiro atoms. The number of hydrogen-bond donors (Lipinski definition) is 3. The zero-order valence-corrected chi connectivity index (χ0v) is 20.1. The highest BCUT2D eigenvalue weighted by atomic mass is 127. The molecule has 1 aromatic carbocycles. The first kappa shape index (κ1) is 23.7. The van der Waals surface area contributed by atoms with Gasteiger partial charge in [-0.3, -0.25) is 4.79 Å². The third-order valence-electron chi connectivity index (χ3n) is 4.97. The van der Waals surface area contributed by atoms with Gasteiger partial charge in [0.1, 0.15) is 0 Å². The van der Waals surface area contributed by atoms with Gasteiger partial charge in [0.15, 0.2) is 5.96 Å². The van der Waals surface area contributed by atoms with Gasteiger partial charge >= 0.3 is 0 Å². The fourth-order valence-corrected chi connectivity index (χ4v) is 4.11. The molecule has 1 aliphatic rings. The maximum Gasteiger partial charge on any atom is 0.227 e. The Bertz CT molecular complexity index is 773. The quantitative estimate of drug-likeness (QED) is 0.266. The highest BCUT2D eigenvalue weighted by molar-refractivity contribution is 14.0. The number of thiophene rings is 1. The summed E-state index contributed by atoms with van der Waals surface area (Å²) >= 11 is 1.69. The van der Waals surface area contributed by atoms with E-state index in [1.54, 1.807) is 11.3 Å². The first-order chi connectivity index (χ1) is 13.7. The fraction of sp³-hybridized carbons (Fsp3) is 0.455. The van der Waals surface area contributed by atoms with Crippen LogP contribution in [-0.4, -0.2) is 18.4 Å². The second kappa shape index (κ2) is 12.8. The summed E-state index contributed by atoms with van der Waals surface area (Å²) in [5.74, 6) is 1.13. The van der Waals surface area contributed by atoms with Crippen molar-refractivity contribution in [2.24, 2.45) is 10.9 Å². The van der Waals surface area contributed by atoms with Crippen LogP contribution in [0.3, 0.4) is 0 Å². The van der Waals surface area contributed by atoms with Crippen LogP contribution in [0.25, 0.3) is 0 Å². The lowest BCUT2D eigenvalue weighted by Crippen LogP contribution is -2.36. The predicted molar refractivity (Wildman–Crippen MR) is 133 cm³/mol. The van der Waals surface area contributed by atoms with Gasteiger partial charge in [0.05, 0.1) is 6.54 Å². The summed E-state index contributed by atoms with van der Waals surface area (Å²) in [4.78, 5) is 17.1. The molecule has 0 aliphatic heterocycles. The highest BCUT2D eigenvalue weighted by Crippen LogP contribution is 2.25. The molecule has 1 saturated carbocycles. The van der Waals surface area contributed by atoms with Crippen molar-refractivity contribution < 1.29 is 4.79 Å². The van der Waals surface area contributed by atoms with E-state index in [1.807, 2.05) is 18.2 Å². The molecule has 1 aromatic heterocycles. The first-order valence-electron chi connectivity index (χ1n) is 10.2. The molecular weight excluding hydrogens is 495 g/mol. The van der Waals surface area contributed by atoms with Crippen LogP contribution in [-0.2, 0) is 17.9 Å². The molecule has 0 saturated heterocycles. The number of hydrogen-bond acceptors (Lipinski definition) is 3. The van der Waals surface area contributed by atoms with E-state index in [4.69, 9.17) is 0 Å². The highest BCUT2D eigenvalue weighted by Gasteiger charge is 2.20. The number of benzene rings is 1. The number of rotatable bonds is 7. The van der Waals surface area contributed by atoms with E-state index in [-0.39, 0.29) is 35.8 Å². The molecule has 3 rings (SSSR count). The zero-order valence-electron chi connectivity index (χ0n) is 16.9. The second-order valence-corrected chi connectivity index (χ2v) is 7.98. The molecule has 0 atom stereocenters. The van der Waals surface area contributed by atoms with Crippen LogP contribution in [0, 0.1) is 5.92 Å². The van der Waals surface area contributed by atoms with E-state index in [0.29, 0.717) is 13.1 Å². The first-order valence-corrected chi connectivity index (χ1v) is 11.1. The number of aliphatic imine (C=N–C) groups is 1. The predicted octanol–water partition coefficient (Wildman–Crippen LogP) is 5.14. The molecule has 0 radical (unpaired) electrons. The van der Waals surface area contributed by atoms with E-state index in [1.165, 1.54) is 24.8 Å². The summed E-state index contributed by atoms with van der Waals surface area (Å²) < 4.78 is 0. The molecule has 0 bridgehead atoms. The Morgan fingerprint density at radius 1 is 1.14 bits per heavy atom. The summed E-state index contributed by atoms with van der Waals surface area (Å²) in [6, 6.07) is 10.1. The fourth-order valence-electron chi connectivity index (χ4n) is 3.45. The molecule has 1 amide bonds. The van der Waals surface area contributed by atoms with Gasteiger partial charge in [-0.05, 0) is 59.9 Å². The summed E-state index contributed by atoms with van der Waals surface area (Å²) in [7, 11) is 0. The molecular formula is C22H31IN4OS. The standard InChI is InChI=1S/C22H30N4OS.HI/c1-2-23-22(25-15-18-11-12-28-16-18)24-14-17-7-6-10-20(13-17)26-21(27)19-8-4-3-5-9-19;/h6-7,10-13,16,19H,2-5,8-9,14-15H2,1H3,(H,26,27)(H2,23,24,25);1H. The summed E-state index contributed by atoms with van der Waals surface area (Å²) in [6.07, 6.45) is 5.62. The Labute approximate surface area is 194 Å². The topological polar surface area (TPSA) is 65.5 Å². The Hall–Kier alpha value is -1.61. The number of nitrogens with zero attached hydrogens (tertiary/aromatic N) is 1. The largest absolute Gasteiger partial charge is 0.357 e. The monoisotopic (exact) mass is 526 g/mol. The van der Waals surface area contributed by atoms with Gasteiger partial charge in [-0.25, -0.2) is 4.99 Å². The Balaban J connectivity index is 0.00000300. The maximum absolute atomic E-state index is 12.5. The van der Waals surface area contributed by atoms with Crippen LogP contribution >= 0.6 is 35.3 Å². The third-order valence-corrected chi connectivity index (χ3v) is 5.71. The van der Waals surface area contributed by atoms with Gasteiger partial charge in [-0.15, -0.1) is 24.0 Å². The van der Waals surface area contributed by atoms with Crippen molar-refractivity contribution in [3.63, 3.8) is 0 Å². The van der Waals surface area contributed by atoms with Crippen LogP contribution in [0.1, 0.15) is 50.2 Å². The lowest BCUT2D eigenvalue weighted by Gasteiger charge is -2.21. The minimum Gasteiger partial charge on any atom is -0.357 e. The molecule has 7 heteroatoms. The molecule has 3 N–H and O–H groups in total. The number of nitrogens with one attached hydrogen (secondary N) is 3. The van der Waals surface area contributed by atoms with Crippen LogP contribution in [0.2, 0.25) is 0 Å². The molecule has 29 heavy (non-hydrogen) atoms. The van der Waals surface area contributed by atoms with Gasteiger partial charge in [-0.1, -0.05) is 31.4 Å². The summed E-state index contributed by atoms with van der Waals surface area (Å²) in [5, 5.41) is 13.9. The SMILES string of the molecule is CCNC(=NCc1ccsc1)NCc1cccc(NC(=O)C2CCCCC2)c1.I. The number of halogens is 1. The van der Waals surface area contributed by atoms with Crippen LogP contribution in [0.5, 0.6) is 0 Å². The molecule has 2 aromatic rings. The van der Waals surface area contributed by atoms with Crippen molar-refractivity contribution in [3.05, 3.63) is 52.2 Å². The lowest BCUT2D eigenvalue weighted by molar-refractivity contribution is -0.120. The van der Waals surface area contributed by atoms with Crippen molar-refractivity contribution >= 4 is 52.9 Å². The normalized spacial score (nSPS) is 14.7. The van der Waals surface area contributed by atoms with Crippen molar-refractivity contribution in [3.8, 4) is 0 Å². The minimum atomic E-state index is 0. The lowest BCUT2D eigenvalue weighted by atomic mass is 9.88. The number of carbonyl (C=O) groups is 1. The van der Waals surface area contributed by atoms with Gasteiger partial charge in [0.2, 0.25) is 5.91 Å². The molecule has 0 unspecified atom stereocenters. The van der Waals surface area contributed by atoms with Crippen LogP contribution < -0.4 is 16.0 Å². The van der Waals surface area contributed by atoms with E-state index < -0.39 is 0 Å². The van der Waals surface area contributed by atoms with Crippen molar-refractivity contribution in [2.45, 2.75) is 52.1 Å². The molecule has 1 aliphatic carbocycles. The van der Waals surface area contributed by atoms with E-state index >= 15 is 0 Å². The Morgan fingerprint density at radius 2 is 1.97 bits per heavy atom. The minimum absolute atomic E-state index is 0. The number of guanidine groups is 1. The smallest absolute Gasteiger partial charge is 0.227 e. The molecule has 1 fully saturated rings. The molecule has 158 valence electrons. The van der Waals surface area contributed by atoms with E-state index in [0.717, 1.165) is 36.6 Å². The second-order valence-electron chi connectivity index (χ2n) is 7.20. The van der Waals surface area contributed by atoms with Crippen LogP contribution in [0.15, 0.2) is 46.1 Å². The van der Waals surface area contributed by atoms with E-state index in [9.17, 15) is 4.79 Å².